The van der Waals surface area contributed by atoms with E-state index in [1.54, 1.807) is 0 Å². The molecule has 0 heterocycles. The summed E-state index contributed by atoms with van der Waals surface area (Å²) in [6, 6.07) is 0.841. The Morgan fingerprint density at radius 3 is 2.50 bits per heavy atom. The quantitative estimate of drug-likeness (QED) is 0.682. The van der Waals surface area contributed by atoms with Crippen molar-refractivity contribution in [1.82, 2.24) is 5.32 Å². The molecule has 1 atom stereocenters. The monoisotopic (exact) mass is 169 g/mol. The van der Waals surface area contributed by atoms with Crippen LogP contribution in [0.4, 0.5) is 0 Å². The summed E-state index contributed by atoms with van der Waals surface area (Å²) < 4.78 is 0. The fourth-order valence-electron chi connectivity index (χ4n) is 1.82. The minimum Gasteiger partial charge on any atom is -0.314 e. The highest BCUT2D eigenvalue weighted by molar-refractivity contribution is 4.72. The maximum absolute atomic E-state index is 3.67. The molecule has 0 amide bonds. The molecule has 1 saturated carbocycles. The molecule has 1 rings (SSSR count). The molecular formula is C11H23N. The van der Waals surface area contributed by atoms with Gasteiger partial charge < -0.3 is 5.32 Å². The first kappa shape index (κ1) is 10.0. The second-order valence-electron chi connectivity index (χ2n) is 4.26. The van der Waals surface area contributed by atoms with Crippen molar-refractivity contribution < 1.29 is 0 Å². The van der Waals surface area contributed by atoms with Crippen LogP contribution in [0.5, 0.6) is 0 Å². The zero-order chi connectivity index (χ0) is 8.81. The molecule has 12 heavy (non-hydrogen) atoms. The molecule has 0 bridgehead atoms. The van der Waals surface area contributed by atoms with E-state index in [1.807, 2.05) is 0 Å². The molecule has 1 fully saturated rings. The molecule has 72 valence electrons. The molecule has 0 aliphatic heterocycles. The Balaban J connectivity index is 2.05. The van der Waals surface area contributed by atoms with Gasteiger partial charge in [0.1, 0.15) is 0 Å². The van der Waals surface area contributed by atoms with Gasteiger partial charge in [0.05, 0.1) is 0 Å². The second-order valence-corrected chi connectivity index (χ2v) is 4.26. The predicted octanol–water partition coefficient (Wildman–Crippen LogP) is 2.95. The Kier molecular flexibility index (Phi) is 4.67. The zero-order valence-corrected chi connectivity index (χ0v) is 8.60. The lowest BCUT2D eigenvalue weighted by Gasteiger charge is -2.24. The summed E-state index contributed by atoms with van der Waals surface area (Å²) >= 11 is 0. The van der Waals surface area contributed by atoms with Crippen LogP contribution in [0.1, 0.15) is 52.4 Å². The van der Waals surface area contributed by atoms with Crippen molar-refractivity contribution >= 4 is 0 Å². The van der Waals surface area contributed by atoms with Gasteiger partial charge >= 0.3 is 0 Å². The van der Waals surface area contributed by atoms with E-state index >= 15 is 0 Å². The van der Waals surface area contributed by atoms with Gasteiger partial charge in [-0.1, -0.05) is 39.5 Å². The third-order valence-corrected chi connectivity index (χ3v) is 3.06. The van der Waals surface area contributed by atoms with E-state index in [4.69, 9.17) is 0 Å². The maximum Gasteiger partial charge on any atom is 0.00671 e. The van der Waals surface area contributed by atoms with E-state index in [-0.39, 0.29) is 0 Å². The lowest BCUT2D eigenvalue weighted by Crippen LogP contribution is -2.34. The van der Waals surface area contributed by atoms with Crippen LogP contribution < -0.4 is 5.32 Å². The second kappa shape index (κ2) is 5.58. The summed E-state index contributed by atoms with van der Waals surface area (Å²) in [5, 5.41) is 3.67. The van der Waals surface area contributed by atoms with Gasteiger partial charge in [-0.15, -0.1) is 0 Å². The number of rotatable bonds is 4. The van der Waals surface area contributed by atoms with Crippen molar-refractivity contribution in [3.8, 4) is 0 Å². The minimum atomic E-state index is 0.841. The van der Waals surface area contributed by atoms with Gasteiger partial charge in [-0.25, -0.2) is 0 Å². The lowest BCUT2D eigenvalue weighted by molar-refractivity contribution is 0.350. The molecule has 1 unspecified atom stereocenters. The number of nitrogens with one attached hydrogen (secondary N) is 1. The van der Waals surface area contributed by atoms with Crippen LogP contribution in [0.15, 0.2) is 0 Å². The summed E-state index contributed by atoms with van der Waals surface area (Å²) in [7, 11) is 0. The third-order valence-electron chi connectivity index (χ3n) is 3.06. The van der Waals surface area contributed by atoms with Gasteiger partial charge in [-0.2, -0.15) is 0 Å². The SMILES string of the molecule is CCC(C)CNC1CCCCC1. The molecular weight excluding hydrogens is 146 g/mol. The van der Waals surface area contributed by atoms with Crippen LogP contribution in [0.2, 0.25) is 0 Å². The Morgan fingerprint density at radius 2 is 1.92 bits per heavy atom. The molecule has 0 spiro atoms. The number of hydrogen-bond acceptors (Lipinski definition) is 1. The summed E-state index contributed by atoms with van der Waals surface area (Å²) in [5.41, 5.74) is 0. The predicted molar refractivity (Wildman–Crippen MR) is 54.3 cm³/mol. The van der Waals surface area contributed by atoms with E-state index in [2.05, 4.69) is 19.2 Å². The van der Waals surface area contributed by atoms with Crippen molar-refractivity contribution in [3.63, 3.8) is 0 Å². The molecule has 1 heteroatoms. The summed E-state index contributed by atoms with van der Waals surface area (Å²) in [5.74, 6) is 0.854. The molecule has 1 aliphatic carbocycles. The van der Waals surface area contributed by atoms with Crippen molar-refractivity contribution in [2.75, 3.05) is 6.54 Å². The minimum absolute atomic E-state index is 0.841. The van der Waals surface area contributed by atoms with Crippen LogP contribution in [-0.2, 0) is 0 Å². The van der Waals surface area contributed by atoms with Gasteiger partial charge in [0.25, 0.3) is 0 Å². The topological polar surface area (TPSA) is 12.0 Å². The van der Waals surface area contributed by atoms with Crippen molar-refractivity contribution in [1.29, 1.82) is 0 Å². The Labute approximate surface area is 76.9 Å². The van der Waals surface area contributed by atoms with E-state index in [0.717, 1.165) is 12.0 Å². The smallest absolute Gasteiger partial charge is 0.00671 e. The fourth-order valence-corrected chi connectivity index (χ4v) is 1.82. The largest absolute Gasteiger partial charge is 0.314 e. The van der Waals surface area contributed by atoms with Crippen LogP contribution in [-0.4, -0.2) is 12.6 Å². The highest BCUT2D eigenvalue weighted by Crippen LogP contribution is 2.17. The van der Waals surface area contributed by atoms with Crippen molar-refractivity contribution in [2.24, 2.45) is 5.92 Å². The van der Waals surface area contributed by atoms with E-state index in [9.17, 15) is 0 Å². The van der Waals surface area contributed by atoms with Gasteiger partial charge in [-0.3, -0.25) is 0 Å². The van der Waals surface area contributed by atoms with E-state index in [0.29, 0.717) is 0 Å². The molecule has 1 aliphatic rings. The number of hydrogen-bond donors (Lipinski definition) is 1. The zero-order valence-electron chi connectivity index (χ0n) is 8.60. The fraction of sp³-hybridized carbons (Fsp3) is 1.00. The molecule has 0 aromatic heterocycles. The van der Waals surface area contributed by atoms with Gasteiger partial charge in [0.15, 0.2) is 0 Å². The van der Waals surface area contributed by atoms with Crippen LogP contribution in [0, 0.1) is 5.92 Å². The van der Waals surface area contributed by atoms with E-state index < -0.39 is 0 Å². The first-order chi connectivity index (χ1) is 5.83. The highest BCUT2D eigenvalue weighted by Gasteiger charge is 2.12. The molecule has 0 radical (unpaired) electrons. The average molecular weight is 169 g/mol. The normalized spacial score (nSPS) is 22.5. The lowest BCUT2D eigenvalue weighted by atomic mass is 9.95. The molecule has 0 aromatic rings. The first-order valence-corrected chi connectivity index (χ1v) is 5.56. The average Bonchev–Trinajstić information content (AvgIpc) is 2.16. The highest BCUT2D eigenvalue weighted by atomic mass is 14.9. The Bertz CT molecular complexity index is 106. The summed E-state index contributed by atoms with van der Waals surface area (Å²) in [6.07, 6.45) is 8.48. The molecule has 1 N–H and O–H groups in total. The summed E-state index contributed by atoms with van der Waals surface area (Å²) in [4.78, 5) is 0. The van der Waals surface area contributed by atoms with Crippen LogP contribution >= 0.6 is 0 Å². The molecule has 0 aromatic carbocycles. The Morgan fingerprint density at radius 1 is 1.25 bits per heavy atom. The first-order valence-electron chi connectivity index (χ1n) is 5.56. The summed E-state index contributed by atoms with van der Waals surface area (Å²) in [6.45, 7) is 5.82. The van der Waals surface area contributed by atoms with Crippen LogP contribution in [0.3, 0.4) is 0 Å². The Hall–Kier alpha value is -0.0400. The van der Waals surface area contributed by atoms with Gasteiger partial charge in [-0.05, 0) is 25.3 Å². The third kappa shape index (κ3) is 3.57. The maximum atomic E-state index is 3.67. The molecule has 1 nitrogen and oxygen atoms in total. The van der Waals surface area contributed by atoms with Crippen molar-refractivity contribution in [3.05, 3.63) is 0 Å². The van der Waals surface area contributed by atoms with E-state index in [1.165, 1.54) is 45.1 Å². The standard InChI is InChI=1S/C11H23N/c1-3-10(2)9-12-11-7-5-4-6-8-11/h10-12H,3-9H2,1-2H3. The van der Waals surface area contributed by atoms with Gasteiger partial charge in [0, 0.05) is 6.04 Å². The van der Waals surface area contributed by atoms with Crippen LogP contribution in [0.25, 0.3) is 0 Å². The molecule has 0 saturated heterocycles. The van der Waals surface area contributed by atoms with Gasteiger partial charge in [0.2, 0.25) is 0 Å². The van der Waals surface area contributed by atoms with Crippen molar-refractivity contribution in [2.45, 2.75) is 58.4 Å².